The van der Waals surface area contributed by atoms with Crippen molar-refractivity contribution in [3.05, 3.63) is 46.2 Å². The van der Waals surface area contributed by atoms with E-state index < -0.39 is 11.8 Å². The number of fused-ring (bicyclic) bond motifs is 1. The Bertz CT molecular complexity index is 828. The maximum Gasteiger partial charge on any atom is 0.255 e. The number of carbonyl (C=O) groups excluding carboxylic acids is 1. The van der Waals surface area contributed by atoms with Crippen molar-refractivity contribution in [1.29, 1.82) is 0 Å². The second kappa shape index (κ2) is 8.72. The molecule has 4 nitrogen and oxygen atoms in total. The molecule has 1 aromatic rings. The largest absolute Gasteiger partial charge is 0.507 e. The Kier molecular flexibility index (Phi) is 6.32. The fourth-order valence-corrected chi connectivity index (χ4v) is 3.63. The third kappa shape index (κ3) is 4.89. The number of halogens is 2. The summed E-state index contributed by atoms with van der Waals surface area (Å²) in [6.07, 6.45) is 7.13. The van der Waals surface area contributed by atoms with Crippen LogP contribution in [0, 0.1) is 5.92 Å². The van der Waals surface area contributed by atoms with Crippen LogP contribution in [-0.4, -0.2) is 35.2 Å². The molecule has 1 saturated carbocycles. The van der Waals surface area contributed by atoms with E-state index in [1.54, 1.807) is 18.2 Å². The lowest BCUT2D eigenvalue weighted by Gasteiger charge is -2.28. The first-order chi connectivity index (χ1) is 13.4. The number of alkyl halides is 2. The van der Waals surface area contributed by atoms with Crippen LogP contribution in [0.1, 0.15) is 60.0 Å². The molecule has 3 N–H and O–H groups in total. The first-order valence-corrected chi connectivity index (χ1v) is 9.66. The van der Waals surface area contributed by atoms with Gasteiger partial charge in [0.25, 0.3) is 5.91 Å². The number of hydrogen-bond donors (Lipinski definition) is 3. The Labute approximate surface area is 163 Å². The van der Waals surface area contributed by atoms with E-state index in [0.29, 0.717) is 37.8 Å². The van der Waals surface area contributed by atoms with Crippen molar-refractivity contribution in [2.24, 2.45) is 5.92 Å². The van der Waals surface area contributed by atoms with Crippen LogP contribution >= 0.6 is 0 Å². The predicted octanol–water partition coefficient (Wildman–Crippen LogP) is 4.29. The third-order valence-corrected chi connectivity index (χ3v) is 5.34. The van der Waals surface area contributed by atoms with Gasteiger partial charge in [-0.15, -0.1) is 5.73 Å². The number of carbonyl (C=O) groups is 1. The zero-order valence-corrected chi connectivity index (χ0v) is 15.7. The fourth-order valence-electron chi connectivity index (χ4n) is 3.63. The first kappa shape index (κ1) is 20.3. The fraction of sp³-hybridized carbons (Fsp3) is 0.455. The van der Waals surface area contributed by atoms with Gasteiger partial charge in [0, 0.05) is 26.0 Å². The van der Waals surface area contributed by atoms with Gasteiger partial charge in [-0.2, -0.15) is 0 Å². The number of hydrogen-bond acceptors (Lipinski definition) is 3. The molecule has 0 bridgehead atoms. The smallest absolute Gasteiger partial charge is 0.255 e. The minimum absolute atomic E-state index is 0.0234. The maximum absolute atomic E-state index is 13.3. The van der Waals surface area contributed by atoms with E-state index >= 15 is 0 Å². The van der Waals surface area contributed by atoms with Gasteiger partial charge in [-0.05, 0) is 60.4 Å². The highest BCUT2D eigenvalue weighted by atomic mass is 19.3. The van der Waals surface area contributed by atoms with E-state index in [4.69, 9.17) is 5.11 Å². The molecular formula is C22H25F2NO3. The molecular weight excluding hydrogens is 364 g/mol. The van der Waals surface area contributed by atoms with Gasteiger partial charge < -0.3 is 15.5 Å². The van der Waals surface area contributed by atoms with Crippen molar-refractivity contribution in [2.45, 2.75) is 44.4 Å². The molecule has 1 fully saturated rings. The molecule has 28 heavy (non-hydrogen) atoms. The third-order valence-electron chi connectivity index (χ3n) is 5.34. The number of amides is 1. The van der Waals surface area contributed by atoms with Gasteiger partial charge in [-0.1, -0.05) is 18.2 Å². The summed E-state index contributed by atoms with van der Waals surface area (Å²) in [5.74, 6) is -3.10. The predicted molar refractivity (Wildman–Crippen MR) is 104 cm³/mol. The monoisotopic (exact) mass is 389 g/mol. The topological polar surface area (TPSA) is 69.6 Å². The van der Waals surface area contributed by atoms with Crippen LogP contribution in [0.5, 0.6) is 5.75 Å². The van der Waals surface area contributed by atoms with Gasteiger partial charge in [0.15, 0.2) is 0 Å². The van der Waals surface area contributed by atoms with Gasteiger partial charge in [-0.25, -0.2) is 8.78 Å². The zero-order valence-electron chi connectivity index (χ0n) is 15.7. The van der Waals surface area contributed by atoms with E-state index in [0.717, 1.165) is 11.1 Å². The van der Waals surface area contributed by atoms with Crippen LogP contribution in [0.25, 0.3) is 12.2 Å². The molecule has 0 radical (unpaired) electrons. The van der Waals surface area contributed by atoms with Crippen LogP contribution in [0.2, 0.25) is 0 Å². The van der Waals surface area contributed by atoms with Gasteiger partial charge in [0.2, 0.25) is 5.92 Å². The molecule has 1 aromatic carbocycles. The highest BCUT2D eigenvalue weighted by Crippen LogP contribution is 2.36. The molecule has 0 heterocycles. The quantitative estimate of drug-likeness (QED) is 0.636. The number of allylic oxidation sites excluding steroid dienone is 2. The van der Waals surface area contributed by atoms with E-state index in [-0.39, 0.29) is 36.7 Å². The second-order valence-corrected chi connectivity index (χ2v) is 7.45. The molecule has 3 rings (SSSR count). The van der Waals surface area contributed by atoms with Crippen molar-refractivity contribution in [3.8, 4) is 5.75 Å². The minimum Gasteiger partial charge on any atom is -0.507 e. The van der Waals surface area contributed by atoms with Crippen LogP contribution in [-0.2, 0) is 0 Å². The Balaban J connectivity index is 1.72. The number of nitrogens with one attached hydrogen (secondary N) is 1. The molecule has 150 valence electrons. The number of aliphatic hydroxyl groups excluding tert-OH is 1. The van der Waals surface area contributed by atoms with Gasteiger partial charge in [-0.3, -0.25) is 4.79 Å². The Morgan fingerprint density at radius 2 is 2.00 bits per heavy atom. The summed E-state index contributed by atoms with van der Waals surface area (Å²) in [6, 6.07) is 3.19. The van der Waals surface area contributed by atoms with Crippen LogP contribution in [0.4, 0.5) is 8.78 Å². The number of aliphatic hydroxyl groups is 1. The molecule has 6 heteroatoms. The van der Waals surface area contributed by atoms with Gasteiger partial charge in [0.05, 0.1) is 5.56 Å². The molecule has 0 atom stereocenters. The van der Waals surface area contributed by atoms with Crippen LogP contribution in [0.15, 0.2) is 29.5 Å². The summed E-state index contributed by atoms with van der Waals surface area (Å²) in [4.78, 5) is 12.7. The highest BCUT2D eigenvalue weighted by molar-refractivity contribution is 6.02. The normalized spacial score (nSPS) is 18.3. The maximum atomic E-state index is 13.3. The summed E-state index contributed by atoms with van der Waals surface area (Å²) < 4.78 is 26.6. The van der Waals surface area contributed by atoms with Crippen molar-refractivity contribution in [3.63, 3.8) is 0 Å². The first-order valence-electron chi connectivity index (χ1n) is 9.66. The molecule has 2 aliphatic rings. The van der Waals surface area contributed by atoms with E-state index in [1.165, 1.54) is 6.07 Å². The Morgan fingerprint density at radius 1 is 1.25 bits per heavy atom. The zero-order chi connectivity index (χ0) is 20.1. The molecule has 0 spiro atoms. The summed E-state index contributed by atoms with van der Waals surface area (Å²) in [7, 11) is 0. The SMILES string of the molecule is O=C(NCC1CCC(F)(F)CC1)c1c(O)ccc2c1C=CC(CCCO)=C=C2. The summed E-state index contributed by atoms with van der Waals surface area (Å²) in [6.45, 7) is 0.408. The molecule has 2 aliphatic carbocycles. The van der Waals surface area contributed by atoms with Crippen LogP contribution < -0.4 is 5.32 Å². The highest BCUT2D eigenvalue weighted by Gasteiger charge is 2.35. The average molecular weight is 389 g/mol. The summed E-state index contributed by atoms with van der Waals surface area (Å²) in [5.41, 5.74) is 5.59. The number of aromatic hydroxyl groups is 1. The Hall–Kier alpha value is -2.43. The second-order valence-electron chi connectivity index (χ2n) is 7.45. The lowest BCUT2D eigenvalue weighted by atomic mass is 9.86. The van der Waals surface area contributed by atoms with Crippen molar-refractivity contribution >= 4 is 18.1 Å². The molecule has 0 aliphatic heterocycles. The molecule has 0 unspecified atom stereocenters. The Morgan fingerprint density at radius 3 is 2.71 bits per heavy atom. The number of phenols is 1. The molecule has 1 amide bonds. The average Bonchev–Trinajstić information content (AvgIpc) is 2.87. The van der Waals surface area contributed by atoms with Crippen molar-refractivity contribution in [1.82, 2.24) is 5.32 Å². The summed E-state index contributed by atoms with van der Waals surface area (Å²) in [5, 5.41) is 22.1. The lowest BCUT2D eigenvalue weighted by molar-refractivity contribution is -0.0452. The lowest BCUT2D eigenvalue weighted by Crippen LogP contribution is -2.34. The number of phenolic OH excluding ortho intramolecular Hbond substituents is 1. The van der Waals surface area contributed by atoms with Crippen molar-refractivity contribution in [2.75, 3.05) is 13.2 Å². The van der Waals surface area contributed by atoms with Gasteiger partial charge >= 0.3 is 0 Å². The standard InChI is InChI=1S/C22H25F2NO3/c23-22(24)11-9-16(10-12-22)14-25-21(28)20-18-7-4-15(2-1-13-26)3-5-17(18)6-8-19(20)27/h4-8,16,26-27H,1-2,9-14H2,(H,25,28). The summed E-state index contributed by atoms with van der Waals surface area (Å²) >= 11 is 0. The van der Waals surface area contributed by atoms with E-state index in [9.17, 15) is 18.7 Å². The van der Waals surface area contributed by atoms with Crippen molar-refractivity contribution < 1.29 is 23.8 Å². The molecule has 0 saturated heterocycles. The molecule has 0 aromatic heterocycles. The van der Waals surface area contributed by atoms with E-state index in [2.05, 4.69) is 11.0 Å². The number of benzene rings is 1. The number of rotatable bonds is 6. The minimum atomic E-state index is -2.59. The van der Waals surface area contributed by atoms with Gasteiger partial charge in [0.1, 0.15) is 5.75 Å². The van der Waals surface area contributed by atoms with E-state index in [1.807, 2.05) is 6.08 Å². The van der Waals surface area contributed by atoms with Crippen LogP contribution in [0.3, 0.4) is 0 Å².